The first-order chi connectivity index (χ1) is 19.9. The minimum absolute atomic E-state index is 0.184. The number of fused-ring (bicyclic) bond motifs is 3. The topological polar surface area (TPSA) is 88.1 Å². The van der Waals surface area contributed by atoms with E-state index in [1.54, 1.807) is 31.2 Å². The molecular formula is C31H32BrF2N3O4S. The zero-order chi connectivity index (χ0) is 30.2. The van der Waals surface area contributed by atoms with Crippen molar-refractivity contribution in [3.05, 3.63) is 83.5 Å². The Labute approximate surface area is 252 Å². The monoisotopic (exact) mass is 659 g/mol. The Balaban J connectivity index is 1.49. The Morgan fingerprint density at radius 2 is 1.71 bits per heavy atom. The highest BCUT2D eigenvalue weighted by Crippen LogP contribution is 2.42. The molecule has 5 rings (SSSR count). The SMILES string of the molecule is C=CN=C(C)Oc1ccc2cc(S(=O)(=O)NC(C(=O)N3C4CCC3CC(C)C4)C(F)(F)c3ccc(Br)cc3)ccc2c1. The van der Waals surface area contributed by atoms with Gasteiger partial charge in [-0.1, -0.05) is 53.7 Å². The third kappa shape index (κ3) is 6.14. The van der Waals surface area contributed by atoms with E-state index in [0.717, 1.165) is 12.8 Å². The van der Waals surface area contributed by atoms with E-state index in [2.05, 4.69) is 39.1 Å². The molecule has 2 bridgehead atoms. The van der Waals surface area contributed by atoms with Crippen LogP contribution in [0.25, 0.3) is 10.8 Å². The largest absolute Gasteiger partial charge is 0.443 e. The fraction of sp³-hybridized carbons (Fsp3) is 0.355. The molecule has 7 nitrogen and oxygen atoms in total. The second-order valence-corrected chi connectivity index (χ2v) is 13.6. The number of nitrogens with one attached hydrogen (secondary N) is 1. The molecule has 3 aromatic rings. The van der Waals surface area contributed by atoms with Crippen LogP contribution in [0, 0.1) is 5.92 Å². The number of rotatable bonds is 8. The number of sulfonamides is 1. The standard InChI is InChI=1S/C31H32BrF2N3O4S/c1-4-35-20(3)41-27-13-5-22-18-28(14-6-21(22)17-27)42(39,40)36-29(31(33,34)23-7-9-24(32)10-8-23)30(38)37-25-11-12-26(37)16-19(2)15-25/h4-10,13-14,17-19,25-26,29,36H,1,11-12,15-16H2,2-3H3. The predicted molar refractivity (Wildman–Crippen MR) is 162 cm³/mol. The van der Waals surface area contributed by atoms with Gasteiger partial charge < -0.3 is 9.64 Å². The Hall–Kier alpha value is -3.15. The molecule has 3 atom stereocenters. The van der Waals surface area contributed by atoms with Crippen LogP contribution >= 0.6 is 15.9 Å². The van der Waals surface area contributed by atoms with Gasteiger partial charge in [-0.3, -0.25) is 4.79 Å². The molecule has 0 aliphatic carbocycles. The van der Waals surface area contributed by atoms with Crippen LogP contribution in [0.4, 0.5) is 8.78 Å². The third-order valence-corrected chi connectivity index (χ3v) is 9.92. The lowest BCUT2D eigenvalue weighted by Crippen LogP contribution is -2.59. The zero-order valence-corrected chi connectivity index (χ0v) is 25.7. The summed E-state index contributed by atoms with van der Waals surface area (Å²) in [6.07, 6.45) is 4.22. The van der Waals surface area contributed by atoms with E-state index in [1.165, 1.54) is 47.5 Å². The second-order valence-electron chi connectivity index (χ2n) is 11.0. The quantitative estimate of drug-likeness (QED) is 0.214. The van der Waals surface area contributed by atoms with Crippen molar-refractivity contribution >= 4 is 48.5 Å². The number of carbonyl (C=O) groups excluding carboxylic acids is 1. The fourth-order valence-electron chi connectivity index (χ4n) is 6.06. The van der Waals surface area contributed by atoms with Crippen LogP contribution in [0.5, 0.6) is 5.75 Å². The van der Waals surface area contributed by atoms with Crippen LogP contribution in [-0.4, -0.2) is 43.2 Å². The number of hydrogen-bond acceptors (Lipinski definition) is 5. The summed E-state index contributed by atoms with van der Waals surface area (Å²) in [6, 6.07) is 11.9. The van der Waals surface area contributed by atoms with E-state index in [4.69, 9.17) is 4.74 Å². The minimum Gasteiger partial charge on any atom is -0.443 e. The number of aliphatic imine (C=N–C) groups is 1. The van der Waals surface area contributed by atoms with E-state index in [-0.39, 0.29) is 17.0 Å². The van der Waals surface area contributed by atoms with Crippen molar-refractivity contribution < 1.29 is 26.7 Å². The summed E-state index contributed by atoms with van der Waals surface area (Å²) in [6.45, 7) is 7.29. The van der Waals surface area contributed by atoms with Crippen molar-refractivity contribution in [3.63, 3.8) is 0 Å². The van der Waals surface area contributed by atoms with Crippen molar-refractivity contribution in [2.24, 2.45) is 10.9 Å². The summed E-state index contributed by atoms with van der Waals surface area (Å²) in [4.78, 5) is 19.2. The van der Waals surface area contributed by atoms with Crippen molar-refractivity contribution in [2.45, 2.75) is 68.5 Å². The van der Waals surface area contributed by atoms with Gasteiger partial charge in [0.2, 0.25) is 15.9 Å². The molecule has 0 radical (unpaired) electrons. The number of ether oxygens (including phenoxy) is 1. The maximum atomic E-state index is 16.2. The molecule has 11 heteroatoms. The number of piperidine rings is 1. The molecule has 222 valence electrons. The molecule has 3 unspecified atom stereocenters. The van der Waals surface area contributed by atoms with E-state index in [0.29, 0.717) is 45.7 Å². The molecule has 2 fully saturated rings. The van der Waals surface area contributed by atoms with Gasteiger partial charge in [0, 0.05) is 35.2 Å². The Bertz CT molecular complexity index is 1630. The molecule has 42 heavy (non-hydrogen) atoms. The minimum atomic E-state index is -4.54. The van der Waals surface area contributed by atoms with Gasteiger partial charge in [0.05, 0.1) is 4.90 Å². The molecule has 2 aliphatic rings. The van der Waals surface area contributed by atoms with E-state index < -0.39 is 33.5 Å². The van der Waals surface area contributed by atoms with Crippen LogP contribution in [0.15, 0.2) is 87.8 Å². The molecule has 1 N–H and O–H groups in total. The number of carbonyl (C=O) groups is 1. The predicted octanol–water partition coefficient (Wildman–Crippen LogP) is 6.77. The summed E-state index contributed by atoms with van der Waals surface area (Å²) in [5.41, 5.74) is -0.453. The van der Waals surface area contributed by atoms with Crippen LogP contribution < -0.4 is 9.46 Å². The summed E-state index contributed by atoms with van der Waals surface area (Å²) in [7, 11) is -4.54. The second kappa shape index (κ2) is 11.9. The third-order valence-electron chi connectivity index (χ3n) is 7.97. The van der Waals surface area contributed by atoms with Gasteiger partial charge in [0.25, 0.3) is 5.92 Å². The number of alkyl halides is 2. The molecule has 0 aromatic heterocycles. The maximum absolute atomic E-state index is 16.2. The van der Waals surface area contributed by atoms with Crippen molar-refractivity contribution in [2.75, 3.05) is 0 Å². The Morgan fingerprint density at radius 3 is 2.36 bits per heavy atom. The highest BCUT2D eigenvalue weighted by molar-refractivity contribution is 9.10. The first-order valence-electron chi connectivity index (χ1n) is 13.7. The lowest BCUT2D eigenvalue weighted by Gasteiger charge is -2.41. The molecular weight excluding hydrogens is 628 g/mol. The smallest absolute Gasteiger partial charge is 0.298 e. The summed E-state index contributed by atoms with van der Waals surface area (Å²) < 4.78 is 68.0. The van der Waals surface area contributed by atoms with Crippen LogP contribution in [0.1, 0.15) is 45.1 Å². The van der Waals surface area contributed by atoms with Crippen LogP contribution in [0.3, 0.4) is 0 Å². The molecule has 2 saturated heterocycles. The van der Waals surface area contributed by atoms with Crippen LogP contribution in [0.2, 0.25) is 0 Å². The maximum Gasteiger partial charge on any atom is 0.298 e. The fourth-order valence-corrected chi connectivity index (χ4v) is 7.55. The van der Waals surface area contributed by atoms with Gasteiger partial charge >= 0.3 is 0 Å². The lowest BCUT2D eigenvalue weighted by molar-refractivity contribution is -0.149. The van der Waals surface area contributed by atoms with E-state index in [9.17, 15) is 13.2 Å². The average molecular weight is 661 g/mol. The number of nitrogens with zero attached hydrogens (tertiary/aromatic N) is 2. The summed E-state index contributed by atoms with van der Waals surface area (Å²) in [5, 5.41) is 1.22. The highest BCUT2D eigenvalue weighted by atomic mass is 79.9. The normalized spacial score (nSPS) is 21.8. The number of hydrogen-bond donors (Lipinski definition) is 1. The van der Waals surface area contributed by atoms with Gasteiger partial charge in [0.1, 0.15) is 5.75 Å². The van der Waals surface area contributed by atoms with Gasteiger partial charge in [-0.05, 0) is 78.8 Å². The Kier molecular flexibility index (Phi) is 8.55. The summed E-state index contributed by atoms with van der Waals surface area (Å²) >= 11 is 3.24. The molecule has 3 aromatic carbocycles. The molecule has 1 amide bonds. The average Bonchev–Trinajstić information content (AvgIpc) is 3.21. The first kappa shape index (κ1) is 30.3. The zero-order valence-electron chi connectivity index (χ0n) is 23.3. The molecule has 2 heterocycles. The van der Waals surface area contributed by atoms with E-state index >= 15 is 8.78 Å². The van der Waals surface area contributed by atoms with Crippen molar-refractivity contribution in [1.82, 2.24) is 9.62 Å². The molecule has 2 aliphatic heterocycles. The number of halogens is 3. The number of benzene rings is 3. The Morgan fingerprint density at radius 1 is 1.10 bits per heavy atom. The molecule has 0 spiro atoms. The van der Waals surface area contributed by atoms with Gasteiger partial charge in [-0.15, -0.1) is 0 Å². The summed E-state index contributed by atoms with van der Waals surface area (Å²) in [5.74, 6) is -3.47. The van der Waals surface area contributed by atoms with Crippen LogP contribution in [-0.2, 0) is 20.7 Å². The van der Waals surface area contributed by atoms with E-state index in [1.807, 2.05) is 0 Å². The van der Waals surface area contributed by atoms with Crippen molar-refractivity contribution in [1.29, 1.82) is 0 Å². The van der Waals surface area contributed by atoms with Crippen molar-refractivity contribution in [3.8, 4) is 5.75 Å². The lowest BCUT2D eigenvalue weighted by atomic mass is 9.91. The van der Waals surface area contributed by atoms with Gasteiger partial charge in [-0.25, -0.2) is 13.4 Å². The number of amides is 1. The van der Waals surface area contributed by atoms with Gasteiger partial charge in [-0.2, -0.15) is 13.5 Å². The molecule has 0 saturated carbocycles. The highest BCUT2D eigenvalue weighted by Gasteiger charge is 2.53. The first-order valence-corrected chi connectivity index (χ1v) is 16.0. The van der Waals surface area contributed by atoms with Gasteiger partial charge in [0.15, 0.2) is 11.9 Å².